The molecule has 1 aromatic carbocycles. The summed E-state index contributed by atoms with van der Waals surface area (Å²) in [7, 11) is 0. The van der Waals surface area contributed by atoms with E-state index in [1.165, 1.54) is 18.6 Å². The van der Waals surface area contributed by atoms with Crippen molar-refractivity contribution >= 4 is 11.1 Å². The minimum atomic E-state index is -4.40. The summed E-state index contributed by atoms with van der Waals surface area (Å²) in [5.41, 5.74) is 0.0762. The van der Waals surface area contributed by atoms with Crippen molar-refractivity contribution in [1.29, 1.82) is 0 Å². The van der Waals surface area contributed by atoms with E-state index >= 15 is 0 Å². The van der Waals surface area contributed by atoms with Crippen LogP contribution in [0.25, 0.3) is 22.7 Å². The highest BCUT2D eigenvalue weighted by molar-refractivity contribution is 5.76. The average Bonchev–Trinajstić information content (AvgIpc) is 2.81. The maximum atomic E-state index is 12.6. The van der Waals surface area contributed by atoms with Crippen LogP contribution in [0.15, 0.2) is 41.2 Å². The lowest BCUT2D eigenvalue weighted by Crippen LogP contribution is -2.03. The van der Waals surface area contributed by atoms with Crippen LogP contribution in [0.2, 0.25) is 0 Å². The van der Waals surface area contributed by atoms with E-state index in [1.807, 2.05) is 0 Å². The lowest BCUT2D eigenvalue weighted by atomic mass is 10.2. The van der Waals surface area contributed by atoms with Crippen LogP contribution in [-0.4, -0.2) is 15.0 Å². The molecule has 0 fully saturated rings. The molecule has 19 heavy (non-hydrogen) atoms. The maximum Gasteiger partial charge on any atom is 0.416 e. The van der Waals surface area contributed by atoms with Gasteiger partial charge in [0, 0.05) is 6.20 Å². The first-order valence-electron chi connectivity index (χ1n) is 5.28. The zero-order chi connectivity index (χ0) is 13.5. The van der Waals surface area contributed by atoms with Gasteiger partial charge in [0.2, 0.25) is 5.89 Å². The fourth-order valence-electron chi connectivity index (χ4n) is 1.63. The largest absolute Gasteiger partial charge is 0.435 e. The second-order valence-electron chi connectivity index (χ2n) is 3.79. The van der Waals surface area contributed by atoms with Crippen molar-refractivity contribution in [1.82, 2.24) is 15.0 Å². The summed E-state index contributed by atoms with van der Waals surface area (Å²) in [5, 5.41) is 0. The van der Waals surface area contributed by atoms with E-state index in [9.17, 15) is 13.2 Å². The Balaban J connectivity index is 2.12. The lowest BCUT2D eigenvalue weighted by Gasteiger charge is -2.04. The van der Waals surface area contributed by atoms with Gasteiger partial charge in [0.25, 0.3) is 0 Å². The van der Waals surface area contributed by atoms with Crippen molar-refractivity contribution in [2.24, 2.45) is 0 Å². The fourth-order valence-corrected chi connectivity index (χ4v) is 1.63. The normalized spacial score (nSPS) is 11.9. The summed E-state index contributed by atoms with van der Waals surface area (Å²) in [6.45, 7) is 0. The Labute approximate surface area is 104 Å². The first kappa shape index (κ1) is 11.6. The van der Waals surface area contributed by atoms with Crippen LogP contribution in [0.3, 0.4) is 0 Å². The molecule has 0 saturated heterocycles. The summed E-state index contributed by atoms with van der Waals surface area (Å²) >= 11 is 0. The number of oxazole rings is 1. The fraction of sp³-hybridized carbons (Fsp3) is 0.0833. The van der Waals surface area contributed by atoms with Gasteiger partial charge in [-0.3, -0.25) is 0 Å². The number of rotatable bonds is 1. The minimum absolute atomic E-state index is 0.142. The molecule has 4 nitrogen and oxygen atoms in total. The Morgan fingerprint density at radius 3 is 2.63 bits per heavy atom. The first-order valence-corrected chi connectivity index (χ1v) is 5.28. The van der Waals surface area contributed by atoms with E-state index in [-0.39, 0.29) is 17.0 Å². The van der Waals surface area contributed by atoms with Gasteiger partial charge in [-0.15, -0.1) is 0 Å². The van der Waals surface area contributed by atoms with Crippen LogP contribution in [0.1, 0.15) is 5.56 Å². The van der Waals surface area contributed by atoms with Gasteiger partial charge in [0.1, 0.15) is 17.5 Å². The van der Waals surface area contributed by atoms with Crippen LogP contribution in [0.4, 0.5) is 13.2 Å². The van der Waals surface area contributed by atoms with Crippen LogP contribution in [0.5, 0.6) is 0 Å². The topological polar surface area (TPSA) is 51.8 Å². The van der Waals surface area contributed by atoms with Gasteiger partial charge >= 0.3 is 6.18 Å². The molecule has 0 radical (unpaired) electrons. The third-order valence-electron chi connectivity index (χ3n) is 2.52. The molecule has 0 unspecified atom stereocenters. The first-order chi connectivity index (χ1) is 9.04. The van der Waals surface area contributed by atoms with E-state index in [0.29, 0.717) is 5.69 Å². The second kappa shape index (κ2) is 4.04. The molecule has 0 aliphatic heterocycles. The molecule has 3 aromatic rings. The number of alkyl halides is 3. The van der Waals surface area contributed by atoms with E-state index in [4.69, 9.17) is 4.42 Å². The molecule has 0 aliphatic rings. The Morgan fingerprint density at radius 2 is 1.95 bits per heavy atom. The Hall–Kier alpha value is -2.44. The highest BCUT2D eigenvalue weighted by atomic mass is 19.4. The summed E-state index contributed by atoms with van der Waals surface area (Å²) in [5.74, 6) is 0.164. The van der Waals surface area contributed by atoms with Crippen LogP contribution in [-0.2, 0) is 6.18 Å². The number of hydrogen-bond acceptors (Lipinski definition) is 4. The van der Waals surface area contributed by atoms with Crippen molar-refractivity contribution < 1.29 is 17.6 Å². The van der Waals surface area contributed by atoms with E-state index in [1.54, 1.807) is 6.07 Å². The van der Waals surface area contributed by atoms with Gasteiger partial charge in [0.05, 0.1) is 5.56 Å². The third kappa shape index (κ3) is 2.14. The molecule has 0 atom stereocenters. The number of fused-ring (bicyclic) bond motifs is 1. The molecule has 0 saturated carbocycles. The van der Waals surface area contributed by atoms with Crippen molar-refractivity contribution in [3.05, 3.63) is 42.4 Å². The van der Waals surface area contributed by atoms with E-state index in [2.05, 4.69) is 15.0 Å². The number of aromatic nitrogens is 3. The van der Waals surface area contributed by atoms with Gasteiger partial charge in [-0.05, 0) is 24.3 Å². The zero-order valence-electron chi connectivity index (χ0n) is 9.35. The molecule has 0 aliphatic carbocycles. The summed E-state index contributed by atoms with van der Waals surface area (Å²) in [6.07, 6.45) is -1.59. The van der Waals surface area contributed by atoms with Crippen LogP contribution in [0, 0.1) is 0 Å². The molecular weight excluding hydrogens is 259 g/mol. The molecule has 0 amide bonds. The molecule has 7 heteroatoms. The predicted octanol–water partition coefficient (Wildman–Crippen LogP) is 3.30. The summed E-state index contributed by atoms with van der Waals surface area (Å²) in [6, 6.07) is 4.71. The molecule has 96 valence electrons. The highest BCUT2D eigenvalue weighted by Crippen LogP contribution is 2.32. The molecule has 3 rings (SSSR count). The van der Waals surface area contributed by atoms with Gasteiger partial charge < -0.3 is 4.42 Å². The Morgan fingerprint density at radius 1 is 1.11 bits per heavy atom. The van der Waals surface area contributed by atoms with Crippen molar-refractivity contribution in [3.63, 3.8) is 0 Å². The predicted molar refractivity (Wildman–Crippen MR) is 60.0 cm³/mol. The summed E-state index contributed by atoms with van der Waals surface area (Å²) in [4.78, 5) is 11.7. The van der Waals surface area contributed by atoms with Crippen LogP contribution >= 0.6 is 0 Å². The molecular formula is C12H6F3N3O. The zero-order valence-corrected chi connectivity index (χ0v) is 9.35. The van der Waals surface area contributed by atoms with Gasteiger partial charge in [-0.25, -0.2) is 15.0 Å². The number of hydrogen-bond donors (Lipinski definition) is 0. The molecule has 0 spiro atoms. The number of halogens is 3. The van der Waals surface area contributed by atoms with Gasteiger partial charge in [0.15, 0.2) is 5.58 Å². The summed E-state index contributed by atoms with van der Waals surface area (Å²) < 4.78 is 43.1. The Kier molecular flexibility index (Phi) is 2.48. The highest BCUT2D eigenvalue weighted by Gasteiger charge is 2.31. The monoisotopic (exact) mass is 265 g/mol. The van der Waals surface area contributed by atoms with E-state index in [0.717, 1.165) is 12.1 Å². The molecule has 0 N–H and O–H groups in total. The van der Waals surface area contributed by atoms with E-state index < -0.39 is 11.7 Å². The van der Waals surface area contributed by atoms with Crippen molar-refractivity contribution in [2.75, 3.05) is 0 Å². The number of benzene rings is 1. The standard InChI is InChI=1S/C12H6F3N3O/c13-12(14,15)7-1-2-10-9(5-7)18-11(19-10)8-3-4-16-6-17-8/h1-6H. The third-order valence-corrected chi connectivity index (χ3v) is 2.52. The SMILES string of the molecule is FC(F)(F)c1ccc2oc(-c3ccncn3)nc2c1. The maximum absolute atomic E-state index is 12.6. The van der Waals surface area contributed by atoms with Crippen molar-refractivity contribution in [3.8, 4) is 11.6 Å². The smallest absolute Gasteiger partial charge is 0.416 e. The number of nitrogens with zero attached hydrogens (tertiary/aromatic N) is 3. The molecule has 2 heterocycles. The second-order valence-corrected chi connectivity index (χ2v) is 3.79. The van der Waals surface area contributed by atoms with Crippen molar-refractivity contribution in [2.45, 2.75) is 6.18 Å². The molecule has 0 bridgehead atoms. The average molecular weight is 265 g/mol. The minimum Gasteiger partial charge on any atom is -0.435 e. The van der Waals surface area contributed by atoms with Crippen LogP contribution < -0.4 is 0 Å². The quantitative estimate of drug-likeness (QED) is 0.677. The Bertz CT molecular complexity index is 722. The van der Waals surface area contributed by atoms with Gasteiger partial charge in [-0.2, -0.15) is 13.2 Å². The van der Waals surface area contributed by atoms with Gasteiger partial charge in [-0.1, -0.05) is 0 Å². The lowest BCUT2D eigenvalue weighted by molar-refractivity contribution is -0.137. The molecule has 2 aromatic heterocycles.